The van der Waals surface area contributed by atoms with Gasteiger partial charge in [0, 0.05) is 0 Å². The van der Waals surface area contributed by atoms with Crippen molar-refractivity contribution in [2.75, 3.05) is 13.2 Å². The van der Waals surface area contributed by atoms with Crippen molar-refractivity contribution in [1.29, 1.82) is 0 Å². The second-order valence-electron chi connectivity index (χ2n) is 1.57. The molecule has 3 nitrogen and oxygen atoms in total. The third kappa shape index (κ3) is 3.49. The summed E-state index contributed by atoms with van der Waals surface area (Å²) in [6.07, 6.45) is 1.07. The zero-order valence-electron chi connectivity index (χ0n) is 5.22. The van der Waals surface area contributed by atoms with Crippen molar-refractivity contribution in [3.63, 3.8) is 0 Å². The average Bonchev–Trinajstić information content (AvgIpc) is 1.64. The van der Waals surface area contributed by atoms with Gasteiger partial charge < -0.3 is 9.84 Å². The third-order valence-electron chi connectivity index (χ3n) is 0.811. The van der Waals surface area contributed by atoms with E-state index in [0.29, 0.717) is 0 Å². The van der Waals surface area contributed by atoms with Crippen LogP contribution in [0.4, 0.5) is 0 Å². The Bertz CT molecular complexity index is 141. The predicted octanol–water partition coefficient (Wildman–Crippen LogP) is -4.17. The first-order chi connectivity index (χ1) is 3.79. The van der Waals surface area contributed by atoms with E-state index in [1.54, 1.807) is 0 Å². The first-order valence-electron chi connectivity index (χ1n) is 2.27. The van der Waals surface area contributed by atoms with Crippen LogP contribution in [0.15, 0.2) is 11.8 Å². The van der Waals surface area contributed by atoms with Gasteiger partial charge in [-0.2, -0.15) is 0 Å². The fraction of sp³-hybridized carbons (Fsp3) is 0.400. The van der Waals surface area contributed by atoms with Gasteiger partial charge in [0.1, 0.15) is 6.61 Å². The van der Waals surface area contributed by atoms with Crippen molar-refractivity contribution in [3.8, 4) is 0 Å². The summed E-state index contributed by atoms with van der Waals surface area (Å²) < 4.78 is 4.56. The summed E-state index contributed by atoms with van der Waals surface area (Å²) in [5.41, 5.74) is 0. The minimum absolute atomic E-state index is 0. The van der Waals surface area contributed by atoms with Gasteiger partial charge in [0.05, 0.1) is 6.61 Å². The molecule has 1 aliphatic heterocycles. The van der Waals surface area contributed by atoms with E-state index in [4.69, 9.17) is 0 Å². The predicted molar refractivity (Wildman–Crippen MR) is 23.9 cm³/mol. The summed E-state index contributed by atoms with van der Waals surface area (Å²) >= 11 is 0. The molecule has 4 heteroatoms. The van der Waals surface area contributed by atoms with Gasteiger partial charge in [-0.1, -0.05) is 0 Å². The molecular formula is C5H5KO3. The second kappa shape index (κ2) is 4.60. The average molecular weight is 152 g/mol. The van der Waals surface area contributed by atoms with Gasteiger partial charge in [-0.3, -0.25) is 4.79 Å². The zero-order valence-corrected chi connectivity index (χ0v) is 8.34. The van der Waals surface area contributed by atoms with Crippen LogP contribution in [-0.4, -0.2) is 19.0 Å². The molecule has 0 aromatic rings. The van der Waals surface area contributed by atoms with Crippen LogP contribution in [0.3, 0.4) is 0 Å². The molecule has 0 saturated heterocycles. The van der Waals surface area contributed by atoms with E-state index >= 15 is 0 Å². The Morgan fingerprint density at radius 2 is 2.22 bits per heavy atom. The quantitative estimate of drug-likeness (QED) is 0.331. The van der Waals surface area contributed by atoms with E-state index < -0.39 is 0 Å². The molecule has 1 rings (SSSR count). The molecule has 44 valence electrons. The molecule has 0 aliphatic carbocycles. The van der Waals surface area contributed by atoms with Crippen LogP contribution in [-0.2, 0) is 9.53 Å². The Kier molecular flexibility index (Phi) is 5.01. The van der Waals surface area contributed by atoms with Gasteiger partial charge in [0.25, 0.3) is 0 Å². The normalized spacial score (nSPS) is 18.2. The van der Waals surface area contributed by atoms with E-state index in [9.17, 15) is 9.90 Å². The van der Waals surface area contributed by atoms with Crippen LogP contribution in [0.2, 0.25) is 0 Å². The largest absolute Gasteiger partial charge is 1.00 e. The molecule has 9 heavy (non-hydrogen) atoms. The molecule has 0 atom stereocenters. The Hall–Kier alpha value is 0.806. The van der Waals surface area contributed by atoms with E-state index in [0.717, 1.165) is 6.08 Å². The minimum atomic E-state index is -0.235. The van der Waals surface area contributed by atoms with E-state index in [-0.39, 0.29) is 76.1 Å². The molecule has 0 aromatic carbocycles. The Morgan fingerprint density at radius 1 is 1.56 bits per heavy atom. The maximum Gasteiger partial charge on any atom is 1.00 e. The molecule has 0 radical (unpaired) electrons. The molecule has 1 aliphatic rings. The number of hydrogen-bond acceptors (Lipinski definition) is 3. The van der Waals surface area contributed by atoms with Gasteiger partial charge >= 0.3 is 51.4 Å². The summed E-state index contributed by atoms with van der Waals surface area (Å²) in [4.78, 5) is 10.3. The van der Waals surface area contributed by atoms with Crippen LogP contribution in [0.25, 0.3) is 0 Å². The van der Waals surface area contributed by atoms with E-state index in [1.165, 1.54) is 0 Å². The third-order valence-corrected chi connectivity index (χ3v) is 0.811. The second-order valence-corrected chi connectivity index (χ2v) is 1.57. The van der Waals surface area contributed by atoms with Crippen LogP contribution in [0.5, 0.6) is 0 Å². The van der Waals surface area contributed by atoms with Gasteiger partial charge in [0.15, 0.2) is 5.78 Å². The van der Waals surface area contributed by atoms with Gasteiger partial charge in [-0.15, -0.1) is 5.76 Å². The molecule has 0 bridgehead atoms. The van der Waals surface area contributed by atoms with Gasteiger partial charge in [0.2, 0.25) is 0 Å². The molecule has 0 amide bonds. The SMILES string of the molecule is O=C1C=C([O-])COC1.[K+]. The topological polar surface area (TPSA) is 49.4 Å². The Labute approximate surface area is 95.5 Å². The van der Waals surface area contributed by atoms with Crippen molar-refractivity contribution >= 4 is 5.78 Å². The molecular weight excluding hydrogens is 147 g/mol. The monoisotopic (exact) mass is 152 g/mol. The van der Waals surface area contributed by atoms with Crippen LogP contribution >= 0.6 is 0 Å². The molecule has 0 spiro atoms. The van der Waals surface area contributed by atoms with E-state index in [2.05, 4.69) is 4.74 Å². The molecule has 0 unspecified atom stereocenters. The number of ketones is 1. The number of ether oxygens (including phenoxy) is 1. The fourth-order valence-electron chi connectivity index (χ4n) is 0.515. The van der Waals surface area contributed by atoms with Gasteiger partial charge in [-0.05, 0) is 6.08 Å². The molecule has 0 aromatic heterocycles. The number of hydrogen-bond donors (Lipinski definition) is 0. The summed E-state index contributed by atoms with van der Waals surface area (Å²) in [6, 6.07) is 0. The van der Waals surface area contributed by atoms with Crippen molar-refractivity contribution in [1.82, 2.24) is 0 Å². The van der Waals surface area contributed by atoms with Crippen molar-refractivity contribution in [2.24, 2.45) is 0 Å². The molecule has 0 saturated carbocycles. The summed E-state index contributed by atoms with van der Waals surface area (Å²) in [7, 11) is 0. The van der Waals surface area contributed by atoms with Crippen molar-refractivity contribution < 1.29 is 66.0 Å². The summed E-state index contributed by atoms with van der Waals surface area (Å²) in [5, 5.41) is 10.3. The Balaban J connectivity index is 0.000000640. The zero-order chi connectivity index (χ0) is 5.98. The fourth-order valence-corrected chi connectivity index (χ4v) is 0.515. The minimum Gasteiger partial charge on any atom is -0.874 e. The van der Waals surface area contributed by atoms with Crippen LogP contribution in [0.1, 0.15) is 0 Å². The maximum atomic E-state index is 10.3. The first kappa shape index (κ1) is 9.81. The van der Waals surface area contributed by atoms with E-state index in [1.807, 2.05) is 0 Å². The van der Waals surface area contributed by atoms with Gasteiger partial charge in [-0.25, -0.2) is 0 Å². The number of carbonyl (C=O) groups is 1. The smallest absolute Gasteiger partial charge is 0.874 e. The molecule has 0 N–H and O–H groups in total. The summed E-state index contributed by atoms with van der Waals surface area (Å²) in [6.45, 7) is 0.122. The first-order valence-corrected chi connectivity index (χ1v) is 2.27. The van der Waals surface area contributed by atoms with Crippen molar-refractivity contribution in [2.45, 2.75) is 0 Å². The Morgan fingerprint density at radius 3 is 2.56 bits per heavy atom. The standard InChI is InChI=1S/C5H6O3.K/c6-4-1-5(7)3-8-2-4;/h1,6H,2-3H2;/q;+1/p-1. The number of rotatable bonds is 0. The maximum absolute atomic E-state index is 10.3. The van der Waals surface area contributed by atoms with Crippen LogP contribution in [0, 0.1) is 0 Å². The summed E-state index contributed by atoms with van der Waals surface area (Å²) in [5.74, 6) is -0.470. The van der Waals surface area contributed by atoms with Crippen molar-refractivity contribution in [3.05, 3.63) is 11.8 Å². The molecule has 0 fully saturated rings. The van der Waals surface area contributed by atoms with Crippen LogP contribution < -0.4 is 56.5 Å². The number of carbonyl (C=O) groups excluding carboxylic acids is 1. The molecule has 1 heterocycles.